The summed E-state index contributed by atoms with van der Waals surface area (Å²) in [6.45, 7) is 0. The molecule has 1 saturated carbocycles. The van der Waals surface area contributed by atoms with Crippen molar-refractivity contribution in [3.8, 4) is 5.75 Å². The molecule has 1 aromatic carbocycles. The van der Waals surface area contributed by atoms with Gasteiger partial charge in [-0.25, -0.2) is 4.98 Å². The van der Waals surface area contributed by atoms with Gasteiger partial charge in [0.1, 0.15) is 5.75 Å². The van der Waals surface area contributed by atoms with E-state index in [9.17, 15) is 4.79 Å². The van der Waals surface area contributed by atoms with E-state index in [0.29, 0.717) is 5.13 Å². The molecule has 118 valence electrons. The molecule has 1 aliphatic carbocycles. The molecule has 2 unspecified atom stereocenters. The number of aryl methyl sites for hydroxylation is 1. The number of carbonyl (C=O) groups is 1. The molecule has 7 heteroatoms. The highest BCUT2D eigenvalue weighted by Gasteiger charge is 2.44. The molecule has 1 N–H and O–H groups in total. The third kappa shape index (κ3) is 2.68. The lowest BCUT2D eigenvalue weighted by atomic mass is 10.2. The first kappa shape index (κ1) is 14.2. The fourth-order valence-corrected chi connectivity index (χ4v) is 3.67. The molecule has 0 bridgehead atoms. The number of amides is 1. The van der Waals surface area contributed by atoms with Crippen LogP contribution in [0.3, 0.4) is 0 Å². The Bertz CT molecular complexity index is 885. The predicted molar refractivity (Wildman–Crippen MR) is 88.9 cm³/mol. The third-order valence-corrected chi connectivity index (χ3v) is 5.04. The van der Waals surface area contributed by atoms with Gasteiger partial charge in [-0.15, -0.1) is 0 Å². The highest BCUT2D eigenvalue weighted by molar-refractivity contribution is 7.22. The van der Waals surface area contributed by atoms with E-state index in [1.165, 1.54) is 11.3 Å². The van der Waals surface area contributed by atoms with Crippen LogP contribution in [0, 0.1) is 5.92 Å². The lowest BCUT2D eigenvalue weighted by Crippen LogP contribution is -2.14. The summed E-state index contributed by atoms with van der Waals surface area (Å²) in [4.78, 5) is 16.8. The molecule has 2 heterocycles. The predicted octanol–water partition coefficient (Wildman–Crippen LogP) is 2.78. The second-order valence-electron chi connectivity index (χ2n) is 5.74. The van der Waals surface area contributed by atoms with E-state index < -0.39 is 0 Å². The zero-order chi connectivity index (χ0) is 16.0. The maximum atomic E-state index is 12.4. The minimum Gasteiger partial charge on any atom is -0.497 e. The molecule has 0 radical (unpaired) electrons. The van der Waals surface area contributed by atoms with Gasteiger partial charge in [0.15, 0.2) is 5.13 Å². The first-order chi connectivity index (χ1) is 11.1. The second kappa shape index (κ2) is 5.34. The fraction of sp³-hybridized carbons (Fsp3) is 0.312. The van der Waals surface area contributed by atoms with Crippen LogP contribution < -0.4 is 10.1 Å². The van der Waals surface area contributed by atoms with E-state index >= 15 is 0 Å². The molecule has 0 saturated heterocycles. The minimum atomic E-state index is 0.0146. The van der Waals surface area contributed by atoms with Crippen molar-refractivity contribution in [2.45, 2.75) is 12.3 Å². The van der Waals surface area contributed by atoms with E-state index in [0.717, 1.165) is 28.0 Å². The number of ether oxygens (including phenoxy) is 1. The highest BCUT2D eigenvalue weighted by atomic mass is 32.1. The van der Waals surface area contributed by atoms with Crippen LogP contribution in [-0.2, 0) is 11.8 Å². The Kier molecular flexibility index (Phi) is 3.30. The first-order valence-electron chi connectivity index (χ1n) is 7.38. The minimum absolute atomic E-state index is 0.0146. The molecule has 2 atom stereocenters. The fourth-order valence-electron chi connectivity index (χ4n) is 2.77. The zero-order valence-corrected chi connectivity index (χ0v) is 13.6. The lowest BCUT2D eigenvalue weighted by Gasteiger charge is -1.99. The number of nitrogens with zero attached hydrogens (tertiary/aromatic N) is 3. The summed E-state index contributed by atoms with van der Waals surface area (Å²) >= 11 is 1.46. The number of benzene rings is 1. The summed E-state index contributed by atoms with van der Waals surface area (Å²) in [5.74, 6) is 1.11. The molecular formula is C16H16N4O2S. The number of fused-ring (bicyclic) bond motifs is 1. The molecule has 0 spiro atoms. The number of aromatic nitrogens is 3. The quantitative estimate of drug-likeness (QED) is 0.799. The maximum absolute atomic E-state index is 12.4. The molecular weight excluding hydrogens is 312 g/mol. The average Bonchev–Trinajstić information content (AvgIpc) is 3.07. The van der Waals surface area contributed by atoms with Crippen LogP contribution in [0.15, 0.2) is 30.6 Å². The van der Waals surface area contributed by atoms with Crippen molar-refractivity contribution in [1.82, 2.24) is 14.8 Å². The number of anilines is 1. The largest absolute Gasteiger partial charge is 0.497 e. The Morgan fingerprint density at radius 2 is 2.35 bits per heavy atom. The number of hydrogen-bond acceptors (Lipinski definition) is 5. The normalized spacial score (nSPS) is 19.7. The number of hydrogen-bond donors (Lipinski definition) is 1. The maximum Gasteiger partial charge on any atom is 0.229 e. The van der Waals surface area contributed by atoms with Crippen molar-refractivity contribution in [3.05, 3.63) is 36.2 Å². The molecule has 1 amide bonds. The zero-order valence-electron chi connectivity index (χ0n) is 12.8. The summed E-state index contributed by atoms with van der Waals surface area (Å²) in [5.41, 5.74) is 1.99. The molecule has 23 heavy (non-hydrogen) atoms. The smallest absolute Gasteiger partial charge is 0.229 e. The summed E-state index contributed by atoms with van der Waals surface area (Å²) in [5, 5.41) is 7.74. The third-order valence-electron chi connectivity index (χ3n) is 4.11. The Morgan fingerprint density at radius 3 is 3.09 bits per heavy atom. The van der Waals surface area contributed by atoms with E-state index in [-0.39, 0.29) is 17.7 Å². The molecule has 6 nitrogen and oxygen atoms in total. The highest BCUT2D eigenvalue weighted by Crippen LogP contribution is 2.48. The van der Waals surface area contributed by atoms with Gasteiger partial charge in [0.2, 0.25) is 5.91 Å². The van der Waals surface area contributed by atoms with Gasteiger partial charge in [0, 0.05) is 19.2 Å². The van der Waals surface area contributed by atoms with Gasteiger partial charge >= 0.3 is 0 Å². The summed E-state index contributed by atoms with van der Waals surface area (Å²) < 4.78 is 7.98. The average molecular weight is 328 g/mol. The van der Waals surface area contributed by atoms with Gasteiger partial charge in [0.05, 0.1) is 23.5 Å². The van der Waals surface area contributed by atoms with E-state index in [1.807, 2.05) is 37.6 Å². The van der Waals surface area contributed by atoms with E-state index in [1.54, 1.807) is 11.8 Å². The molecule has 1 aliphatic rings. The monoisotopic (exact) mass is 328 g/mol. The van der Waals surface area contributed by atoms with Crippen molar-refractivity contribution in [2.75, 3.05) is 12.4 Å². The SMILES string of the molecule is COc1ccc2nc(NC(=O)C3CC3c3cnn(C)c3)sc2c1. The summed E-state index contributed by atoms with van der Waals surface area (Å²) in [6.07, 6.45) is 4.68. The number of rotatable bonds is 4. The summed E-state index contributed by atoms with van der Waals surface area (Å²) in [6, 6.07) is 5.70. The van der Waals surface area contributed by atoms with Crippen molar-refractivity contribution in [1.29, 1.82) is 0 Å². The Labute approximate surface area is 137 Å². The first-order valence-corrected chi connectivity index (χ1v) is 8.19. The molecule has 4 rings (SSSR count). The van der Waals surface area contributed by atoms with Gasteiger partial charge in [-0.05, 0) is 36.1 Å². The van der Waals surface area contributed by atoms with Gasteiger partial charge in [-0.2, -0.15) is 5.10 Å². The van der Waals surface area contributed by atoms with Crippen molar-refractivity contribution in [2.24, 2.45) is 13.0 Å². The van der Waals surface area contributed by atoms with Crippen molar-refractivity contribution in [3.63, 3.8) is 0 Å². The van der Waals surface area contributed by atoms with Crippen LogP contribution in [0.2, 0.25) is 0 Å². The Hall–Kier alpha value is -2.41. The number of nitrogens with one attached hydrogen (secondary N) is 1. The second-order valence-corrected chi connectivity index (χ2v) is 6.77. The van der Waals surface area contributed by atoms with E-state index in [2.05, 4.69) is 15.4 Å². The molecule has 3 aromatic rings. The van der Waals surface area contributed by atoms with Crippen LogP contribution >= 0.6 is 11.3 Å². The number of methoxy groups -OCH3 is 1. The lowest BCUT2D eigenvalue weighted by molar-refractivity contribution is -0.117. The molecule has 2 aromatic heterocycles. The van der Waals surface area contributed by atoms with Crippen LogP contribution in [0.1, 0.15) is 17.9 Å². The van der Waals surface area contributed by atoms with Gasteiger partial charge < -0.3 is 10.1 Å². The van der Waals surface area contributed by atoms with Gasteiger partial charge in [0.25, 0.3) is 0 Å². The summed E-state index contributed by atoms with van der Waals surface area (Å²) in [7, 11) is 3.52. The molecule has 1 fully saturated rings. The number of thiazole rings is 1. The van der Waals surface area contributed by atoms with Crippen LogP contribution in [0.5, 0.6) is 5.75 Å². The van der Waals surface area contributed by atoms with Gasteiger partial charge in [-0.1, -0.05) is 11.3 Å². The van der Waals surface area contributed by atoms with Crippen molar-refractivity contribution < 1.29 is 9.53 Å². The standard InChI is InChI=1S/C16H16N4O2S/c1-20-8-9(7-17-20)11-6-12(11)15(21)19-16-18-13-4-3-10(22-2)5-14(13)23-16/h3-5,7-8,11-12H,6H2,1-2H3,(H,18,19,21). The van der Waals surface area contributed by atoms with Gasteiger partial charge in [-0.3, -0.25) is 9.48 Å². The number of carbonyl (C=O) groups excluding carboxylic acids is 1. The molecule has 0 aliphatic heterocycles. The Balaban J connectivity index is 1.47. The Morgan fingerprint density at radius 1 is 1.48 bits per heavy atom. The van der Waals surface area contributed by atoms with Crippen LogP contribution in [-0.4, -0.2) is 27.8 Å². The van der Waals surface area contributed by atoms with Crippen LogP contribution in [0.4, 0.5) is 5.13 Å². The topological polar surface area (TPSA) is 69.0 Å². The van der Waals surface area contributed by atoms with Crippen molar-refractivity contribution >= 4 is 32.6 Å². The van der Waals surface area contributed by atoms with Crippen LogP contribution in [0.25, 0.3) is 10.2 Å². The van der Waals surface area contributed by atoms with E-state index in [4.69, 9.17) is 4.74 Å².